The minimum Gasteiger partial charge on any atom is -0.338 e. The smallest absolute Gasteiger partial charge is 0.322 e. The number of urea groups is 1. The molecule has 0 aliphatic rings. The van der Waals surface area contributed by atoms with E-state index in [4.69, 9.17) is 0 Å². The predicted molar refractivity (Wildman–Crippen MR) is 56.4 cm³/mol. The normalized spacial score (nSPS) is 9.64. The molecular formula is C10H15N3O. The van der Waals surface area contributed by atoms with E-state index >= 15 is 0 Å². The Balaban J connectivity index is 2.78. The zero-order valence-corrected chi connectivity index (χ0v) is 8.74. The monoisotopic (exact) mass is 193 g/mol. The van der Waals surface area contributed by atoms with Crippen LogP contribution in [0.5, 0.6) is 0 Å². The van der Waals surface area contributed by atoms with Crippen molar-refractivity contribution < 1.29 is 4.79 Å². The molecule has 1 heterocycles. The Kier molecular flexibility index (Phi) is 3.45. The first-order valence-corrected chi connectivity index (χ1v) is 4.60. The summed E-state index contributed by atoms with van der Waals surface area (Å²) < 4.78 is 0. The number of amides is 2. The van der Waals surface area contributed by atoms with Gasteiger partial charge < -0.3 is 5.32 Å². The Hall–Kier alpha value is -1.58. The lowest BCUT2D eigenvalue weighted by Gasteiger charge is -2.16. The first-order chi connectivity index (χ1) is 6.65. The van der Waals surface area contributed by atoms with Crippen molar-refractivity contribution in [3.8, 4) is 0 Å². The molecule has 0 spiro atoms. The molecule has 4 heteroatoms. The maximum atomic E-state index is 11.4. The van der Waals surface area contributed by atoms with Gasteiger partial charge in [-0.2, -0.15) is 0 Å². The molecule has 0 fully saturated rings. The highest BCUT2D eigenvalue weighted by molar-refractivity contribution is 5.90. The van der Waals surface area contributed by atoms with E-state index in [2.05, 4.69) is 10.3 Å². The fraction of sp³-hybridized carbons (Fsp3) is 0.400. The van der Waals surface area contributed by atoms with Gasteiger partial charge in [-0.15, -0.1) is 0 Å². The molecule has 1 aromatic heterocycles. The van der Waals surface area contributed by atoms with E-state index < -0.39 is 0 Å². The minimum atomic E-state index is -0.134. The first kappa shape index (κ1) is 10.5. The lowest BCUT2D eigenvalue weighted by atomic mass is 10.3. The van der Waals surface area contributed by atoms with Gasteiger partial charge in [0.05, 0.1) is 0 Å². The number of carbonyl (C=O) groups excluding carboxylic acids is 1. The van der Waals surface area contributed by atoms with E-state index in [0.717, 1.165) is 5.69 Å². The van der Waals surface area contributed by atoms with Gasteiger partial charge >= 0.3 is 6.03 Å². The van der Waals surface area contributed by atoms with Crippen LogP contribution in [-0.4, -0.2) is 24.6 Å². The number of pyridine rings is 1. The molecule has 0 aromatic carbocycles. The summed E-state index contributed by atoms with van der Waals surface area (Å²) in [5.41, 5.74) is 0.902. The van der Waals surface area contributed by atoms with Crippen LogP contribution in [0.2, 0.25) is 0 Å². The summed E-state index contributed by atoms with van der Waals surface area (Å²) in [5, 5.41) is 2.71. The van der Waals surface area contributed by atoms with Crippen molar-refractivity contribution in [2.45, 2.75) is 13.8 Å². The van der Waals surface area contributed by atoms with Crippen LogP contribution in [0.15, 0.2) is 18.2 Å². The molecule has 2 amide bonds. The molecule has 76 valence electrons. The lowest BCUT2D eigenvalue weighted by Crippen LogP contribution is -2.37. The molecule has 1 aromatic rings. The highest BCUT2D eigenvalue weighted by Gasteiger charge is 2.09. The Morgan fingerprint density at radius 2 is 2.29 bits per heavy atom. The van der Waals surface area contributed by atoms with Crippen LogP contribution in [0.1, 0.15) is 12.6 Å². The van der Waals surface area contributed by atoms with Crippen molar-refractivity contribution in [3.05, 3.63) is 23.9 Å². The first-order valence-electron chi connectivity index (χ1n) is 4.60. The highest BCUT2D eigenvalue weighted by atomic mass is 16.2. The molecule has 0 aliphatic heterocycles. The van der Waals surface area contributed by atoms with E-state index in [1.165, 1.54) is 4.90 Å². The van der Waals surface area contributed by atoms with E-state index in [9.17, 15) is 4.79 Å². The average Bonchev–Trinajstić information content (AvgIpc) is 2.17. The van der Waals surface area contributed by atoms with Crippen molar-refractivity contribution in [2.75, 3.05) is 18.5 Å². The molecule has 0 saturated heterocycles. The van der Waals surface area contributed by atoms with Crippen LogP contribution in [0.25, 0.3) is 0 Å². The van der Waals surface area contributed by atoms with Gasteiger partial charge in [0.25, 0.3) is 0 Å². The molecule has 0 saturated carbocycles. The van der Waals surface area contributed by atoms with Crippen molar-refractivity contribution in [2.24, 2.45) is 0 Å². The van der Waals surface area contributed by atoms with Crippen molar-refractivity contribution in [3.63, 3.8) is 0 Å². The zero-order chi connectivity index (χ0) is 10.6. The molecule has 14 heavy (non-hydrogen) atoms. The fourth-order valence-electron chi connectivity index (χ4n) is 1.09. The second kappa shape index (κ2) is 4.60. The van der Waals surface area contributed by atoms with Gasteiger partial charge in [-0.1, -0.05) is 6.07 Å². The molecule has 0 atom stereocenters. The molecular weight excluding hydrogens is 178 g/mol. The van der Waals surface area contributed by atoms with Crippen LogP contribution in [-0.2, 0) is 0 Å². The average molecular weight is 193 g/mol. The Morgan fingerprint density at radius 1 is 1.57 bits per heavy atom. The lowest BCUT2D eigenvalue weighted by molar-refractivity contribution is 0.248. The molecule has 0 radical (unpaired) electrons. The van der Waals surface area contributed by atoms with Crippen molar-refractivity contribution in [1.82, 2.24) is 10.3 Å². The number of rotatable bonds is 2. The number of aryl methyl sites for hydroxylation is 1. The standard InChI is InChI=1S/C10H15N3O/c1-4-11-10(14)13(3)9-7-5-6-8(2)12-9/h5-7H,4H2,1-3H3,(H,11,14). The number of aromatic nitrogens is 1. The summed E-state index contributed by atoms with van der Waals surface area (Å²) >= 11 is 0. The summed E-state index contributed by atoms with van der Waals surface area (Å²) in [6, 6.07) is 5.45. The molecule has 0 unspecified atom stereocenters. The molecule has 1 rings (SSSR count). The van der Waals surface area contributed by atoms with Gasteiger partial charge in [-0.05, 0) is 26.0 Å². The zero-order valence-electron chi connectivity index (χ0n) is 8.74. The summed E-state index contributed by atoms with van der Waals surface area (Å²) in [7, 11) is 1.70. The van der Waals surface area contributed by atoms with Gasteiger partial charge in [0.1, 0.15) is 5.82 Å². The second-order valence-corrected chi connectivity index (χ2v) is 3.03. The van der Waals surface area contributed by atoms with Crippen LogP contribution in [0.4, 0.5) is 10.6 Å². The van der Waals surface area contributed by atoms with Gasteiger partial charge in [-0.3, -0.25) is 4.90 Å². The third-order valence-electron chi connectivity index (χ3n) is 1.85. The largest absolute Gasteiger partial charge is 0.338 e. The molecule has 0 bridgehead atoms. The number of hydrogen-bond acceptors (Lipinski definition) is 2. The van der Waals surface area contributed by atoms with Gasteiger partial charge in [-0.25, -0.2) is 9.78 Å². The van der Waals surface area contributed by atoms with Crippen LogP contribution in [0, 0.1) is 6.92 Å². The summed E-state index contributed by atoms with van der Waals surface area (Å²) in [4.78, 5) is 17.2. The third-order valence-corrected chi connectivity index (χ3v) is 1.85. The van der Waals surface area contributed by atoms with Gasteiger partial charge in [0, 0.05) is 19.3 Å². The number of anilines is 1. The van der Waals surface area contributed by atoms with Crippen molar-refractivity contribution in [1.29, 1.82) is 0 Å². The minimum absolute atomic E-state index is 0.134. The molecule has 1 N–H and O–H groups in total. The van der Waals surface area contributed by atoms with E-state index in [0.29, 0.717) is 12.4 Å². The summed E-state index contributed by atoms with van der Waals surface area (Å²) in [6.45, 7) is 4.40. The number of nitrogens with zero attached hydrogens (tertiary/aromatic N) is 2. The van der Waals surface area contributed by atoms with E-state index in [1.807, 2.05) is 32.0 Å². The Morgan fingerprint density at radius 3 is 2.86 bits per heavy atom. The fourth-order valence-corrected chi connectivity index (χ4v) is 1.09. The van der Waals surface area contributed by atoms with E-state index in [1.54, 1.807) is 7.05 Å². The number of hydrogen-bond donors (Lipinski definition) is 1. The SMILES string of the molecule is CCNC(=O)N(C)c1cccc(C)n1. The van der Waals surface area contributed by atoms with Gasteiger partial charge in [0.15, 0.2) is 0 Å². The number of carbonyl (C=O) groups is 1. The van der Waals surface area contributed by atoms with Crippen LogP contribution >= 0.6 is 0 Å². The highest BCUT2D eigenvalue weighted by Crippen LogP contribution is 2.08. The Bertz CT molecular complexity index is 325. The quantitative estimate of drug-likeness (QED) is 0.774. The Labute approximate surface area is 83.9 Å². The predicted octanol–water partition coefficient (Wildman–Crippen LogP) is 1.56. The molecule has 0 aliphatic carbocycles. The summed E-state index contributed by atoms with van der Waals surface area (Å²) in [6.07, 6.45) is 0. The summed E-state index contributed by atoms with van der Waals surface area (Å²) in [5.74, 6) is 0.663. The van der Waals surface area contributed by atoms with Crippen LogP contribution in [0.3, 0.4) is 0 Å². The van der Waals surface area contributed by atoms with Crippen molar-refractivity contribution >= 4 is 11.8 Å². The maximum absolute atomic E-state index is 11.4. The molecule has 4 nitrogen and oxygen atoms in total. The van der Waals surface area contributed by atoms with Crippen LogP contribution < -0.4 is 10.2 Å². The second-order valence-electron chi connectivity index (χ2n) is 3.03. The van der Waals surface area contributed by atoms with E-state index in [-0.39, 0.29) is 6.03 Å². The topological polar surface area (TPSA) is 45.2 Å². The third kappa shape index (κ3) is 2.45. The van der Waals surface area contributed by atoms with Gasteiger partial charge in [0.2, 0.25) is 0 Å². The number of nitrogens with one attached hydrogen (secondary N) is 1. The maximum Gasteiger partial charge on any atom is 0.322 e.